The first kappa shape index (κ1) is 14.2. The minimum atomic E-state index is -4.42. The Kier molecular flexibility index (Phi) is 4.36. The fraction of sp³-hybridized carbons (Fsp3) is 0.417. The minimum Gasteiger partial charge on any atom is -0.293 e. The smallest absolute Gasteiger partial charge is 0.293 e. The summed E-state index contributed by atoms with van der Waals surface area (Å²) in [6.07, 6.45) is -3.96. The van der Waals surface area contributed by atoms with Gasteiger partial charge in [0.2, 0.25) is 0 Å². The molecule has 0 saturated carbocycles. The van der Waals surface area contributed by atoms with Crippen LogP contribution in [0.25, 0.3) is 0 Å². The molecular formula is C12H12BrF3O. The van der Waals surface area contributed by atoms with Crippen LogP contribution < -0.4 is 0 Å². The molecule has 0 saturated heterocycles. The Hall–Kier alpha value is -0.840. The number of benzene rings is 1. The van der Waals surface area contributed by atoms with Crippen LogP contribution in [-0.4, -0.2) is 10.6 Å². The van der Waals surface area contributed by atoms with E-state index in [0.717, 1.165) is 12.1 Å². The predicted octanol–water partition coefficient (Wildman–Crippen LogP) is 4.23. The second-order valence-electron chi connectivity index (χ2n) is 3.75. The van der Waals surface area contributed by atoms with E-state index in [-0.39, 0.29) is 11.3 Å². The summed E-state index contributed by atoms with van der Waals surface area (Å²) >= 11 is 3.07. The number of rotatable bonds is 3. The van der Waals surface area contributed by atoms with Gasteiger partial charge in [0.25, 0.3) is 0 Å². The number of alkyl halides is 4. The van der Waals surface area contributed by atoms with E-state index in [1.807, 2.05) is 0 Å². The number of halogens is 4. The number of Topliss-reactive ketones (excluding diaryl/α,β-unsaturated/α-hetero) is 1. The third-order valence-electron chi connectivity index (χ3n) is 2.37. The number of hydrogen-bond acceptors (Lipinski definition) is 1. The molecule has 5 heteroatoms. The van der Waals surface area contributed by atoms with Gasteiger partial charge < -0.3 is 0 Å². The fourth-order valence-corrected chi connectivity index (χ4v) is 1.70. The summed E-state index contributed by atoms with van der Waals surface area (Å²) in [5.41, 5.74) is -0.161. The molecule has 0 N–H and O–H groups in total. The molecule has 0 amide bonds. The van der Waals surface area contributed by atoms with Gasteiger partial charge in [-0.15, -0.1) is 0 Å². The van der Waals surface area contributed by atoms with Crippen molar-refractivity contribution in [2.24, 2.45) is 0 Å². The van der Waals surface area contributed by atoms with Crippen molar-refractivity contribution in [3.63, 3.8) is 0 Å². The molecular weight excluding hydrogens is 297 g/mol. The van der Waals surface area contributed by atoms with Gasteiger partial charge in [0.1, 0.15) is 0 Å². The number of aryl methyl sites for hydroxylation is 1. The number of hydrogen-bond donors (Lipinski definition) is 0. The van der Waals surface area contributed by atoms with E-state index in [4.69, 9.17) is 0 Å². The molecule has 0 aromatic heterocycles. The fourth-order valence-electron chi connectivity index (χ4n) is 1.43. The topological polar surface area (TPSA) is 17.1 Å². The van der Waals surface area contributed by atoms with Crippen LogP contribution in [0.5, 0.6) is 0 Å². The summed E-state index contributed by atoms with van der Waals surface area (Å²) in [6.45, 7) is 3.34. The normalized spacial score (nSPS) is 13.5. The van der Waals surface area contributed by atoms with Crippen LogP contribution in [0.1, 0.15) is 35.3 Å². The number of carbonyl (C=O) groups excluding carboxylic acids is 1. The van der Waals surface area contributed by atoms with Crippen molar-refractivity contribution >= 4 is 21.7 Å². The molecule has 0 heterocycles. The summed E-state index contributed by atoms with van der Waals surface area (Å²) < 4.78 is 37.9. The number of ketones is 1. The lowest BCUT2D eigenvalue weighted by Crippen LogP contribution is -2.13. The minimum absolute atomic E-state index is 0.0982. The van der Waals surface area contributed by atoms with Gasteiger partial charge >= 0.3 is 6.18 Å². The van der Waals surface area contributed by atoms with E-state index in [1.54, 1.807) is 13.8 Å². The Morgan fingerprint density at radius 3 is 2.35 bits per heavy atom. The first-order chi connectivity index (χ1) is 7.75. The molecule has 1 rings (SSSR count). The van der Waals surface area contributed by atoms with Crippen molar-refractivity contribution in [1.82, 2.24) is 0 Å². The van der Waals surface area contributed by atoms with Gasteiger partial charge in [-0.25, -0.2) is 0 Å². The lowest BCUT2D eigenvalue weighted by molar-refractivity contribution is -0.137. The van der Waals surface area contributed by atoms with Gasteiger partial charge in [0.05, 0.1) is 10.4 Å². The Morgan fingerprint density at radius 2 is 1.94 bits per heavy atom. The van der Waals surface area contributed by atoms with E-state index >= 15 is 0 Å². The summed E-state index contributed by atoms with van der Waals surface area (Å²) in [4.78, 5) is 11.2. The molecule has 0 aliphatic rings. The Labute approximate surface area is 106 Å². The highest BCUT2D eigenvalue weighted by atomic mass is 79.9. The first-order valence-corrected chi connectivity index (χ1v) is 6.06. The van der Waals surface area contributed by atoms with E-state index in [2.05, 4.69) is 15.9 Å². The molecule has 1 unspecified atom stereocenters. The Morgan fingerprint density at radius 1 is 1.35 bits per heavy atom. The average molecular weight is 309 g/mol. The molecule has 1 atom stereocenters. The molecule has 1 nitrogen and oxygen atoms in total. The van der Waals surface area contributed by atoms with Crippen molar-refractivity contribution < 1.29 is 18.0 Å². The van der Waals surface area contributed by atoms with Gasteiger partial charge in [0.15, 0.2) is 5.78 Å². The summed E-state index contributed by atoms with van der Waals surface area (Å²) in [6, 6.07) is 3.49. The predicted molar refractivity (Wildman–Crippen MR) is 63.5 cm³/mol. The third kappa shape index (κ3) is 3.56. The van der Waals surface area contributed by atoms with Crippen LogP contribution in [0.3, 0.4) is 0 Å². The van der Waals surface area contributed by atoms with Crippen LogP contribution in [0, 0.1) is 0 Å². The molecule has 17 heavy (non-hydrogen) atoms. The molecule has 0 fully saturated rings. The first-order valence-electron chi connectivity index (χ1n) is 5.15. The number of carbonyl (C=O) groups is 1. The highest BCUT2D eigenvalue weighted by molar-refractivity contribution is 9.10. The van der Waals surface area contributed by atoms with Crippen LogP contribution in [0.4, 0.5) is 13.2 Å². The van der Waals surface area contributed by atoms with E-state index in [9.17, 15) is 18.0 Å². The maximum atomic E-state index is 12.6. The van der Waals surface area contributed by atoms with Crippen molar-refractivity contribution in [2.75, 3.05) is 0 Å². The lowest BCUT2D eigenvalue weighted by atomic mass is 10.00. The Balaban J connectivity index is 3.28. The molecule has 94 valence electrons. The molecule has 0 aliphatic heterocycles. The molecule has 0 aliphatic carbocycles. The van der Waals surface area contributed by atoms with Crippen molar-refractivity contribution in [2.45, 2.75) is 31.3 Å². The van der Waals surface area contributed by atoms with Crippen molar-refractivity contribution in [3.05, 3.63) is 34.9 Å². The monoisotopic (exact) mass is 308 g/mol. The maximum absolute atomic E-state index is 12.6. The SMILES string of the molecule is CCc1cc(C(=O)C(C)Br)cc(C(F)(F)F)c1. The molecule has 1 aromatic carbocycles. The summed E-state index contributed by atoms with van der Waals surface area (Å²) in [5, 5.41) is 0. The second kappa shape index (κ2) is 5.21. The van der Waals surface area contributed by atoms with Gasteiger partial charge in [0, 0.05) is 5.56 Å². The largest absolute Gasteiger partial charge is 0.416 e. The van der Waals surface area contributed by atoms with Crippen LogP contribution in [-0.2, 0) is 12.6 Å². The van der Waals surface area contributed by atoms with Gasteiger partial charge in [-0.2, -0.15) is 13.2 Å². The molecule has 0 spiro atoms. The highest BCUT2D eigenvalue weighted by Crippen LogP contribution is 2.31. The zero-order chi connectivity index (χ0) is 13.2. The van der Waals surface area contributed by atoms with E-state index in [1.165, 1.54) is 6.07 Å². The second-order valence-corrected chi connectivity index (χ2v) is 5.12. The van der Waals surface area contributed by atoms with Crippen molar-refractivity contribution in [1.29, 1.82) is 0 Å². The third-order valence-corrected chi connectivity index (χ3v) is 2.79. The zero-order valence-corrected chi connectivity index (χ0v) is 11.0. The average Bonchev–Trinajstić information content (AvgIpc) is 2.26. The highest BCUT2D eigenvalue weighted by Gasteiger charge is 2.31. The molecule has 0 radical (unpaired) electrons. The van der Waals surface area contributed by atoms with Crippen LogP contribution in [0.15, 0.2) is 18.2 Å². The lowest BCUT2D eigenvalue weighted by Gasteiger charge is -2.11. The standard InChI is InChI=1S/C12H12BrF3O/c1-3-8-4-9(11(17)7(2)13)6-10(5-8)12(14,15)16/h4-7H,3H2,1-2H3. The van der Waals surface area contributed by atoms with E-state index in [0.29, 0.717) is 12.0 Å². The van der Waals surface area contributed by atoms with Gasteiger partial charge in [-0.3, -0.25) is 4.79 Å². The molecule has 0 bridgehead atoms. The summed E-state index contributed by atoms with van der Waals surface area (Å²) in [7, 11) is 0. The van der Waals surface area contributed by atoms with E-state index < -0.39 is 16.6 Å². The van der Waals surface area contributed by atoms with Crippen LogP contribution >= 0.6 is 15.9 Å². The van der Waals surface area contributed by atoms with Gasteiger partial charge in [-0.05, 0) is 37.1 Å². The van der Waals surface area contributed by atoms with Crippen LogP contribution in [0.2, 0.25) is 0 Å². The molecule has 1 aromatic rings. The quantitative estimate of drug-likeness (QED) is 0.603. The Bertz CT molecular complexity index is 424. The van der Waals surface area contributed by atoms with Gasteiger partial charge in [-0.1, -0.05) is 22.9 Å². The van der Waals surface area contributed by atoms with Crippen molar-refractivity contribution in [3.8, 4) is 0 Å². The zero-order valence-electron chi connectivity index (χ0n) is 9.44. The summed E-state index contributed by atoms with van der Waals surface area (Å²) in [5.74, 6) is -0.342. The maximum Gasteiger partial charge on any atom is 0.416 e.